The van der Waals surface area contributed by atoms with E-state index in [-0.39, 0.29) is 11.3 Å². The number of urea groups is 1. The fourth-order valence-corrected chi connectivity index (χ4v) is 3.75. The number of rotatable bonds is 11. The van der Waals surface area contributed by atoms with Gasteiger partial charge in [0.2, 0.25) is 0 Å². The van der Waals surface area contributed by atoms with Gasteiger partial charge in [0.05, 0.1) is 25.5 Å². The van der Waals surface area contributed by atoms with E-state index >= 15 is 0 Å². The van der Waals surface area contributed by atoms with E-state index in [1.54, 1.807) is 30.3 Å². The zero-order chi connectivity index (χ0) is 25.4. The van der Waals surface area contributed by atoms with E-state index in [9.17, 15) is 14.4 Å². The number of ether oxygens (including phenoxy) is 3. The number of halogens is 1. The summed E-state index contributed by atoms with van der Waals surface area (Å²) in [5.74, 6) is -0.0712. The first-order valence-corrected chi connectivity index (χ1v) is 12.4. The number of hydrogen-bond acceptors (Lipinski definition) is 6. The van der Waals surface area contributed by atoms with Crippen LogP contribution in [-0.2, 0) is 9.59 Å². The van der Waals surface area contributed by atoms with Crippen molar-refractivity contribution in [3.8, 4) is 17.2 Å². The molecule has 1 heterocycles. The van der Waals surface area contributed by atoms with Gasteiger partial charge in [0.25, 0.3) is 11.8 Å². The van der Waals surface area contributed by atoms with E-state index in [1.807, 2.05) is 19.9 Å². The first kappa shape index (κ1) is 26.3. The molecule has 0 aromatic heterocycles. The van der Waals surface area contributed by atoms with Crippen LogP contribution < -0.4 is 24.4 Å². The summed E-state index contributed by atoms with van der Waals surface area (Å²) in [6.45, 7) is 7.25. The SMILES string of the molecule is CCCCOc1ccc(Br)cc1/C=C1\C(=O)NC(=O)N(c2ccc(OCCC)c(OCC)c2)C1=O. The van der Waals surface area contributed by atoms with Crippen molar-refractivity contribution in [1.82, 2.24) is 5.32 Å². The second-order valence-electron chi connectivity index (χ2n) is 7.75. The van der Waals surface area contributed by atoms with E-state index in [0.29, 0.717) is 42.6 Å². The average Bonchev–Trinajstić information content (AvgIpc) is 2.82. The standard InChI is InChI=1S/C26H29BrN2O6/c1-4-7-13-35-21-10-8-18(27)14-17(21)15-20-24(30)28-26(32)29(25(20)31)19-9-11-22(34-12-5-2)23(16-19)33-6-3/h8-11,14-16H,4-7,12-13H2,1-3H3,(H,28,30,32)/b20-15+. The lowest BCUT2D eigenvalue weighted by atomic mass is 10.1. The summed E-state index contributed by atoms with van der Waals surface area (Å²) in [5, 5.41) is 2.25. The Bertz CT molecular complexity index is 1130. The number of carbonyl (C=O) groups excluding carboxylic acids is 3. The Morgan fingerprint density at radius 1 is 0.886 bits per heavy atom. The highest BCUT2D eigenvalue weighted by Crippen LogP contribution is 2.34. The highest BCUT2D eigenvalue weighted by molar-refractivity contribution is 9.10. The van der Waals surface area contributed by atoms with Crippen LogP contribution >= 0.6 is 15.9 Å². The van der Waals surface area contributed by atoms with E-state index in [1.165, 1.54) is 6.08 Å². The highest BCUT2D eigenvalue weighted by atomic mass is 79.9. The molecule has 2 aromatic rings. The molecule has 0 aliphatic carbocycles. The van der Waals surface area contributed by atoms with Crippen molar-refractivity contribution < 1.29 is 28.6 Å². The fraction of sp³-hybridized carbons (Fsp3) is 0.346. The monoisotopic (exact) mass is 544 g/mol. The van der Waals surface area contributed by atoms with Crippen molar-refractivity contribution >= 4 is 45.5 Å². The minimum absolute atomic E-state index is 0.188. The van der Waals surface area contributed by atoms with Crippen molar-refractivity contribution in [2.24, 2.45) is 0 Å². The molecule has 2 aromatic carbocycles. The topological polar surface area (TPSA) is 94.2 Å². The van der Waals surface area contributed by atoms with Gasteiger partial charge in [-0.2, -0.15) is 0 Å². The molecule has 1 saturated heterocycles. The predicted octanol–water partition coefficient (Wildman–Crippen LogP) is 5.48. The number of unbranched alkanes of at least 4 members (excludes halogenated alkanes) is 1. The lowest BCUT2D eigenvalue weighted by Gasteiger charge is -2.27. The number of hydrogen-bond donors (Lipinski definition) is 1. The van der Waals surface area contributed by atoms with Crippen LogP contribution in [-0.4, -0.2) is 37.7 Å². The summed E-state index contributed by atoms with van der Waals surface area (Å²) in [5.41, 5.74) is 0.612. The average molecular weight is 545 g/mol. The largest absolute Gasteiger partial charge is 0.493 e. The maximum Gasteiger partial charge on any atom is 0.335 e. The fourth-order valence-electron chi connectivity index (χ4n) is 3.37. The van der Waals surface area contributed by atoms with E-state index in [0.717, 1.165) is 28.6 Å². The first-order valence-electron chi connectivity index (χ1n) is 11.6. The summed E-state index contributed by atoms with van der Waals surface area (Å²) in [6, 6.07) is 9.28. The van der Waals surface area contributed by atoms with Crippen LogP contribution in [0.2, 0.25) is 0 Å². The number of anilines is 1. The van der Waals surface area contributed by atoms with Gasteiger partial charge in [-0.15, -0.1) is 0 Å². The van der Waals surface area contributed by atoms with Crippen molar-refractivity contribution in [2.45, 2.75) is 40.0 Å². The highest BCUT2D eigenvalue weighted by Gasteiger charge is 2.37. The van der Waals surface area contributed by atoms with Gasteiger partial charge >= 0.3 is 6.03 Å². The molecule has 186 valence electrons. The van der Waals surface area contributed by atoms with Gasteiger partial charge in [-0.25, -0.2) is 9.69 Å². The van der Waals surface area contributed by atoms with Crippen LogP contribution in [0.4, 0.5) is 10.5 Å². The summed E-state index contributed by atoms with van der Waals surface area (Å²) in [6.07, 6.45) is 4.09. The van der Waals surface area contributed by atoms with Crippen LogP contribution in [0.1, 0.15) is 45.6 Å². The molecule has 0 saturated carbocycles. The molecule has 35 heavy (non-hydrogen) atoms. The Balaban J connectivity index is 1.98. The molecule has 1 fully saturated rings. The minimum Gasteiger partial charge on any atom is -0.493 e. The van der Waals surface area contributed by atoms with E-state index in [2.05, 4.69) is 28.2 Å². The first-order chi connectivity index (χ1) is 16.9. The van der Waals surface area contributed by atoms with Crippen LogP contribution in [0.25, 0.3) is 6.08 Å². The molecule has 0 spiro atoms. The van der Waals surface area contributed by atoms with Gasteiger partial charge in [-0.05, 0) is 56.2 Å². The van der Waals surface area contributed by atoms with Crippen LogP contribution in [0.15, 0.2) is 46.4 Å². The summed E-state index contributed by atoms with van der Waals surface area (Å²) < 4.78 is 18.0. The van der Waals surface area contributed by atoms with Gasteiger partial charge in [0.15, 0.2) is 11.5 Å². The third-order valence-electron chi connectivity index (χ3n) is 5.08. The second kappa shape index (κ2) is 12.4. The molecule has 1 aliphatic heterocycles. The quantitative estimate of drug-likeness (QED) is 0.228. The zero-order valence-electron chi connectivity index (χ0n) is 20.1. The Hall–Kier alpha value is -3.33. The number of nitrogens with one attached hydrogen (secondary N) is 1. The Morgan fingerprint density at radius 2 is 1.63 bits per heavy atom. The molecule has 0 radical (unpaired) electrons. The second-order valence-corrected chi connectivity index (χ2v) is 8.67. The van der Waals surface area contributed by atoms with Gasteiger partial charge < -0.3 is 14.2 Å². The zero-order valence-corrected chi connectivity index (χ0v) is 21.6. The Labute approximate surface area is 213 Å². The van der Waals surface area contributed by atoms with E-state index in [4.69, 9.17) is 14.2 Å². The molecular weight excluding hydrogens is 516 g/mol. The number of amides is 4. The van der Waals surface area contributed by atoms with Crippen molar-refractivity contribution in [1.29, 1.82) is 0 Å². The third kappa shape index (κ3) is 6.42. The van der Waals surface area contributed by atoms with E-state index < -0.39 is 17.8 Å². The van der Waals surface area contributed by atoms with Gasteiger partial charge in [0.1, 0.15) is 11.3 Å². The Kier molecular flexibility index (Phi) is 9.31. The van der Waals surface area contributed by atoms with Crippen molar-refractivity contribution in [3.05, 3.63) is 52.0 Å². The number of imide groups is 2. The number of carbonyl (C=O) groups is 3. The van der Waals surface area contributed by atoms with Crippen LogP contribution in [0, 0.1) is 0 Å². The molecule has 8 nitrogen and oxygen atoms in total. The van der Waals surface area contributed by atoms with Crippen molar-refractivity contribution in [2.75, 3.05) is 24.7 Å². The van der Waals surface area contributed by atoms with Crippen LogP contribution in [0.5, 0.6) is 17.2 Å². The molecule has 3 rings (SSSR count). The minimum atomic E-state index is -0.838. The van der Waals surface area contributed by atoms with Gasteiger partial charge in [0, 0.05) is 16.1 Å². The van der Waals surface area contributed by atoms with Gasteiger partial charge in [-0.3, -0.25) is 14.9 Å². The number of benzene rings is 2. The van der Waals surface area contributed by atoms with Crippen LogP contribution in [0.3, 0.4) is 0 Å². The smallest absolute Gasteiger partial charge is 0.335 e. The molecule has 1 aliphatic rings. The molecule has 0 atom stereocenters. The maximum atomic E-state index is 13.4. The molecule has 1 N–H and O–H groups in total. The predicted molar refractivity (Wildman–Crippen MR) is 137 cm³/mol. The normalized spacial score (nSPS) is 14.8. The maximum absolute atomic E-state index is 13.4. The number of nitrogens with zero attached hydrogens (tertiary/aromatic N) is 1. The summed E-state index contributed by atoms with van der Waals surface area (Å²) >= 11 is 3.42. The molecule has 9 heteroatoms. The third-order valence-corrected chi connectivity index (χ3v) is 5.57. The molecular formula is C26H29BrN2O6. The lowest BCUT2D eigenvalue weighted by molar-refractivity contribution is -0.122. The molecule has 4 amide bonds. The molecule has 0 bridgehead atoms. The summed E-state index contributed by atoms with van der Waals surface area (Å²) in [7, 11) is 0. The van der Waals surface area contributed by atoms with Crippen molar-refractivity contribution in [3.63, 3.8) is 0 Å². The number of barbiturate groups is 1. The van der Waals surface area contributed by atoms with Gasteiger partial charge in [-0.1, -0.05) is 36.2 Å². The summed E-state index contributed by atoms with van der Waals surface area (Å²) in [4.78, 5) is 39.6. The molecule has 0 unspecified atom stereocenters. The lowest BCUT2D eigenvalue weighted by Crippen LogP contribution is -2.54. The Morgan fingerprint density at radius 3 is 2.34 bits per heavy atom.